The highest BCUT2D eigenvalue weighted by Crippen LogP contribution is 2.03. The molecule has 0 amide bonds. The molecular weight excluding hydrogens is 186 g/mol. The minimum atomic E-state index is 0.217. The number of hydrogen-bond acceptors (Lipinski definition) is 3. The summed E-state index contributed by atoms with van der Waals surface area (Å²) in [7, 11) is 0. The van der Waals surface area contributed by atoms with Gasteiger partial charge in [0, 0.05) is 24.8 Å². The molecule has 0 unspecified atom stereocenters. The summed E-state index contributed by atoms with van der Waals surface area (Å²) in [6.07, 6.45) is 0. The third-order valence-corrected chi connectivity index (χ3v) is 2.32. The van der Waals surface area contributed by atoms with Gasteiger partial charge in [0.1, 0.15) is 0 Å². The summed E-state index contributed by atoms with van der Waals surface area (Å²) in [6.45, 7) is 9.03. The van der Waals surface area contributed by atoms with Crippen molar-refractivity contribution in [3.8, 4) is 0 Å². The molecule has 0 aliphatic carbocycles. The Morgan fingerprint density at radius 3 is 2.73 bits per heavy atom. The van der Waals surface area contributed by atoms with Crippen LogP contribution in [-0.2, 0) is 6.54 Å². The molecule has 3 nitrogen and oxygen atoms in total. The molecule has 0 radical (unpaired) electrons. The van der Waals surface area contributed by atoms with Crippen molar-refractivity contribution in [3.63, 3.8) is 0 Å². The molecule has 2 N–H and O–H groups in total. The van der Waals surface area contributed by atoms with Gasteiger partial charge in [0.25, 0.3) is 0 Å². The lowest BCUT2D eigenvalue weighted by atomic mass is 10.2. The number of rotatable bonds is 5. The van der Waals surface area contributed by atoms with Crippen LogP contribution in [0.1, 0.15) is 25.2 Å². The molecule has 1 aromatic rings. The number of aryl methyl sites for hydroxylation is 1. The smallest absolute Gasteiger partial charge is 0.0547 e. The highest BCUT2D eigenvalue weighted by Gasteiger charge is 2.06. The minimum Gasteiger partial charge on any atom is -0.327 e. The summed E-state index contributed by atoms with van der Waals surface area (Å²) in [5.41, 5.74) is 7.99. The number of aromatic nitrogens is 1. The van der Waals surface area contributed by atoms with Crippen molar-refractivity contribution < 1.29 is 0 Å². The second-order valence-corrected chi connectivity index (χ2v) is 4.08. The fourth-order valence-electron chi connectivity index (χ4n) is 1.63. The van der Waals surface area contributed by atoms with Gasteiger partial charge in [-0.1, -0.05) is 13.0 Å². The zero-order valence-electron chi connectivity index (χ0n) is 9.90. The van der Waals surface area contributed by atoms with Gasteiger partial charge >= 0.3 is 0 Å². The first-order valence-electron chi connectivity index (χ1n) is 5.52. The average Bonchev–Trinajstić information content (AvgIpc) is 2.16. The molecule has 0 aliphatic rings. The van der Waals surface area contributed by atoms with Gasteiger partial charge in [-0.05, 0) is 32.5 Å². The quantitative estimate of drug-likeness (QED) is 0.796. The third kappa shape index (κ3) is 4.40. The molecule has 0 spiro atoms. The van der Waals surface area contributed by atoms with E-state index >= 15 is 0 Å². The summed E-state index contributed by atoms with van der Waals surface area (Å²) in [5, 5.41) is 0. The first-order chi connectivity index (χ1) is 7.11. The van der Waals surface area contributed by atoms with Crippen LogP contribution < -0.4 is 5.73 Å². The Hall–Kier alpha value is -0.930. The first kappa shape index (κ1) is 12.1. The zero-order chi connectivity index (χ0) is 11.3. The summed E-state index contributed by atoms with van der Waals surface area (Å²) < 4.78 is 0. The Bertz CT molecular complexity index is 297. The van der Waals surface area contributed by atoms with Crippen molar-refractivity contribution in [2.75, 3.05) is 13.1 Å². The van der Waals surface area contributed by atoms with E-state index in [4.69, 9.17) is 5.73 Å². The Kier molecular flexibility index (Phi) is 4.72. The molecule has 15 heavy (non-hydrogen) atoms. The van der Waals surface area contributed by atoms with Gasteiger partial charge < -0.3 is 5.73 Å². The van der Waals surface area contributed by atoms with Gasteiger partial charge in [-0.15, -0.1) is 0 Å². The van der Waals surface area contributed by atoms with E-state index in [0.29, 0.717) is 0 Å². The monoisotopic (exact) mass is 207 g/mol. The maximum absolute atomic E-state index is 5.79. The summed E-state index contributed by atoms with van der Waals surface area (Å²) in [6, 6.07) is 6.36. The molecule has 0 saturated heterocycles. The molecule has 1 rings (SSSR count). The van der Waals surface area contributed by atoms with E-state index in [1.807, 2.05) is 19.9 Å². The van der Waals surface area contributed by atoms with Gasteiger partial charge in [-0.2, -0.15) is 0 Å². The van der Waals surface area contributed by atoms with Gasteiger partial charge in [0.15, 0.2) is 0 Å². The van der Waals surface area contributed by atoms with Crippen molar-refractivity contribution in [2.45, 2.75) is 33.4 Å². The Labute approximate surface area is 92.3 Å². The molecule has 0 aliphatic heterocycles. The average molecular weight is 207 g/mol. The van der Waals surface area contributed by atoms with Crippen LogP contribution in [0.4, 0.5) is 0 Å². The molecule has 1 heterocycles. The normalized spacial score (nSPS) is 13.1. The lowest BCUT2D eigenvalue weighted by Crippen LogP contribution is -2.35. The minimum absolute atomic E-state index is 0.217. The largest absolute Gasteiger partial charge is 0.327 e. The molecule has 0 aromatic carbocycles. The molecule has 3 heteroatoms. The maximum atomic E-state index is 5.79. The molecule has 0 saturated carbocycles. The standard InChI is InChI=1S/C12H21N3/c1-4-15(8-10(2)13)9-12-7-5-6-11(3)14-12/h5-7,10H,4,8-9,13H2,1-3H3/t10-/m1/s1. The van der Waals surface area contributed by atoms with Crippen molar-refractivity contribution >= 4 is 0 Å². The van der Waals surface area contributed by atoms with Crippen molar-refractivity contribution in [1.29, 1.82) is 0 Å². The molecule has 1 atom stereocenters. The number of nitrogens with two attached hydrogens (primary N) is 1. The second-order valence-electron chi connectivity index (χ2n) is 4.08. The van der Waals surface area contributed by atoms with Crippen LogP contribution in [0.5, 0.6) is 0 Å². The second kappa shape index (κ2) is 5.83. The van der Waals surface area contributed by atoms with Gasteiger partial charge in [0.2, 0.25) is 0 Å². The van der Waals surface area contributed by atoms with Crippen molar-refractivity contribution in [3.05, 3.63) is 29.6 Å². The Morgan fingerprint density at radius 2 is 2.20 bits per heavy atom. The summed E-state index contributed by atoms with van der Waals surface area (Å²) in [5.74, 6) is 0. The molecule has 1 aromatic heterocycles. The zero-order valence-corrected chi connectivity index (χ0v) is 9.90. The molecule has 84 valence electrons. The van der Waals surface area contributed by atoms with Gasteiger partial charge in [-0.3, -0.25) is 9.88 Å². The van der Waals surface area contributed by atoms with Crippen LogP contribution in [0, 0.1) is 6.92 Å². The highest BCUT2D eigenvalue weighted by molar-refractivity contribution is 5.09. The molecular formula is C12H21N3. The fourth-order valence-corrected chi connectivity index (χ4v) is 1.63. The maximum Gasteiger partial charge on any atom is 0.0547 e. The fraction of sp³-hybridized carbons (Fsp3) is 0.583. The Morgan fingerprint density at radius 1 is 1.47 bits per heavy atom. The topological polar surface area (TPSA) is 42.2 Å². The van der Waals surface area contributed by atoms with E-state index in [2.05, 4.69) is 28.9 Å². The SMILES string of the molecule is CCN(Cc1cccc(C)n1)C[C@@H](C)N. The van der Waals surface area contributed by atoms with E-state index in [1.54, 1.807) is 0 Å². The highest BCUT2D eigenvalue weighted by atomic mass is 15.1. The van der Waals surface area contributed by atoms with Crippen molar-refractivity contribution in [2.24, 2.45) is 5.73 Å². The van der Waals surface area contributed by atoms with Crippen LogP contribution in [0.25, 0.3) is 0 Å². The van der Waals surface area contributed by atoms with Crippen LogP contribution >= 0.6 is 0 Å². The lowest BCUT2D eigenvalue weighted by molar-refractivity contribution is 0.263. The number of likely N-dealkylation sites (N-methyl/N-ethyl adjacent to an activating group) is 1. The van der Waals surface area contributed by atoms with E-state index < -0.39 is 0 Å². The number of pyridine rings is 1. The Balaban J connectivity index is 2.58. The molecule has 0 fully saturated rings. The van der Waals surface area contributed by atoms with Crippen LogP contribution in [0.3, 0.4) is 0 Å². The van der Waals surface area contributed by atoms with Crippen LogP contribution in [0.2, 0.25) is 0 Å². The number of hydrogen-bond donors (Lipinski definition) is 1. The van der Waals surface area contributed by atoms with Crippen LogP contribution in [0.15, 0.2) is 18.2 Å². The van der Waals surface area contributed by atoms with Crippen molar-refractivity contribution in [1.82, 2.24) is 9.88 Å². The number of nitrogens with zero attached hydrogens (tertiary/aromatic N) is 2. The van der Waals surface area contributed by atoms with E-state index in [9.17, 15) is 0 Å². The summed E-state index contributed by atoms with van der Waals surface area (Å²) in [4.78, 5) is 6.80. The van der Waals surface area contributed by atoms with Gasteiger partial charge in [0.05, 0.1) is 5.69 Å². The third-order valence-electron chi connectivity index (χ3n) is 2.32. The predicted molar refractivity (Wildman–Crippen MR) is 63.6 cm³/mol. The molecule has 0 bridgehead atoms. The lowest BCUT2D eigenvalue weighted by Gasteiger charge is -2.21. The van der Waals surface area contributed by atoms with Gasteiger partial charge in [-0.25, -0.2) is 0 Å². The van der Waals surface area contributed by atoms with E-state index in [0.717, 1.165) is 31.0 Å². The van der Waals surface area contributed by atoms with Crippen LogP contribution in [-0.4, -0.2) is 29.0 Å². The van der Waals surface area contributed by atoms with E-state index in [1.165, 1.54) is 0 Å². The van der Waals surface area contributed by atoms with E-state index in [-0.39, 0.29) is 6.04 Å². The summed E-state index contributed by atoms with van der Waals surface area (Å²) >= 11 is 0. The first-order valence-corrected chi connectivity index (χ1v) is 5.52. The predicted octanol–water partition coefficient (Wildman–Crippen LogP) is 1.56.